The molecule has 0 aliphatic carbocycles. The van der Waals surface area contributed by atoms with Crippen LogP contribution in [0.5, 0.6) is 11.5 Å². The first-order valence-electron chi connectivity index (χ1n) is 13.1. The van der Waals surface area contributed by atoms with Gasteiger partial charge in [-0.3, -0.25) is 4.72 Å². The number of likely N-dealkylation sites (tertiary alicyclic amines) is 1. The SMILES string of the molecule is CCOc1cc(OC2CCN(C)CC2)ccc1Nc1ncc(Cl)c(Nc2ccccc2SNCC(C)C)n1. The predicted octanol–water partition coefficient (Wildman–Crippen LogP) is 6.74. The summed E-state index contributed by atoms with van der Waals surface area (Å²) in [5.41, 5.74) is 1.66. The van der Waals surface area contributed by atoms with Crippen molar-refractivity contribution >= 4 is 46.7 Å². The second-order valence-corrected chi connectivity index (χ2v) is 11.0. The van der Waals surface area contributed by atoms with Crippen LogP contribution in [0.2, 0.25) is 5.02 Å². The third-order valence-electron chi connectivity index (χ3n) is 6.03. The van der Waals surface area contributed by atoms with Gasteiger partial charge in [0, 0.05) is 30.6 Å². The average molecular weight is 557 g/mol. The van der Waals surface area contributed by atoms with Crippen molar-refractivity contribution in [1.29, 1.82) is 0 Å². The Kier molecular flexibility index (Phi) is 10.3. The van der Waals surface area contributed by atoms with E-state index in [1.165, 1.54) is 0 Å². The van der Waals surface area contributed by atoms with E-state index in [-0.39, 0.29) is 6.10 Å². The first-order valence-corrected chi connectivity index (χ1v) is 14.3. The highest BCUT2D eigenvalue weighted by Gasteiger charge is 2.19. The van der Waals surface area contributed by atoms with Gasteiger partial charge in [0.25, 0.3) is 0 Å². The minimum absolute atomic E-state index is 0.217. The van der Waals surface area contributed by atoms with Crippen molar-refractivity contribution in [2.75, 3.05) is 43.9 Å². The summed E-state index contributed by atoms with van der Waals surface area (Å²) in [6, 6.07) is 13.9. The summed E-state index contributed by atoms with van der Waals surface area (Å²) < 4.78 is 15.6. The largest absolute Gasteiger partial charge is 0.492 e. The van der Waals surface area contributed by atoms with Crippen molar-refractivity contribution in [2.45, 2.75) is 44.6 Å². The summed E-state index contributed by atoms with van der Waals surface area (Å²) >= 11 is 8.05. The minimum atomic E-state index is 0.217. The topological polar surface area (TPSA) is 83.6 Å². The first-order chi connectivity index (χ1) is 18.4. The molecule has 38 heavy (non-hydrogen) atoms. The molecule has 2 aromatic carbocycles. The highest BCUT2D eigenvalue weighted by molar-refractivity contribution is 7.97. The van der Waals surface area contributed by atoms with Gasteiger partial charge < -0.3 is 25.0 Å². The molecule has 10 heteroatoms. The summed E-state index contributed by atoms with van der Waals surface area (Å²) in [6.45, 7) is 9.85. The highest BCUT2D eigenvalue weighted by Crippen LogP contribution is 2.34. The van der Waals surface area contributed by atoms with Crippen LogP contribution in [-0.2, 0) is 0 Å². The smallest absolute Gasteiger partial charge is 0.229 e. The standard InChI is InChI=1S/C28H37ClN6O2S/c1-5-36-25-16-21(37-20-12-14-35(4)15-13-20)10-11-23(25)33-28-30-18-22(29)27(34-28)32-24-8-6-7-9-26(24)38-31-17-19(2)3/h6-11,16,18-20,31H,5,12-15,17H2,1-4H3,(H2,30,32,33,34). The fraction of sp³-hybridized carbons (Fsp3) is 0.429. The molecular weight excluding hydrogens is 520 g/mol. The van der Waals surface area contributed by atoms with Gasteiger partial charge >= 0.3 is 0 Å². The van der Waals surface area contributed by atoms with Gasteiger partial charge in [0.15, 0.2) is 5.82 Å². The van der Waals surface area contributed by atoms with Crippen LogP contribution in [0.25, 0.3) is 0 Å². The third-order valence-corrected chi connectivity index (χ3v) is 7.19. The van der Waals surface area contributed by atoms with Crippen molar-refractivity contribution < 1.29 is 9.47 Å². The van der Waals surface area contributed by atoms with E-state index in [9.17, 15) is 0 Å². The van der Waals surface area contributed by atoms with Gasteiger partial charge in [-0.25, -0.2) is 4.98 Å². The van der Waals surface area contributed by atoms with E-state index >= 15 is 0 Å². The molecule has 1 saturated heterocycles. The average Bonchev–Trinajstić information content (AvgIpc) is 2.90. The van der Waals surface area contributed by atoms with Crippen LogP contribution in [0.4, 0.5) is 23.1 Å². The van der Waals surface area contributed by atoms with Gasteiger partial charge in [-0.1, -0.05) is 37.6 Å². The molecule has 0 saturated carbocycles. The number of para-hydroxylation sites is 1. The normalized spacial score (nSPS) is 14.5. The molecule has 0 unspecified atom stereocenters. The van der Waals surface area contributed by atoms with Gasteiger partial charge in [-0.05, 0) is 68.9 Å². The van der Waals surface area contributed by atoms with Crippen molar-refractivity contribution in [3.05, 3.63) is 53.7 Å². The lowest BCUT2D eigenvalue weighted by Gasteiger charge is -2.29. The maximum Gasteiger partial charge on any atom is 0.229 e. The molecule has 0 spiro atoms. The van der Waals surface area contributed by atoms with E-state index in [0.29, 0.717) is 35.1 Å². The Morgan fingerprint density at radius 2 is 1.89 bits per heavy atom. The zero-order valence-corrected chi connectivity index (χ0v) is 24.0. The van der Waals surface area contributed by atoms with Crippen LogP contribution in [0, 0.1) is 5.92 Å². The first kappa shape index (κ1) is 28.3. The number of rotatable bonds is 12. The Hall–Kier alpha value is -2.72. The molecule has 1 aliphatic rings. The number of piperidine rings is 1. The maximum atomic E-state index is 6.47. The molecule has 0 atom stereocenters. The summed E-state index contributed by atoms with van der Waals surface area (Å²) in [4.78, 5) is 12.4. The predicted molar refractivity (Wildman–Crippen MR) is 158 cm³/mol. The maximum absolute atomic E-state index is 6.47. The van der Waals surface area contributed by atoms with Crippen LogP contribution in [-0.4, -0.2) is 54.3 Å². The van der Waals surface area contributed by atoms with E-state index < -0.39 is 0 Å². The third kappa shape index (κ3) is 8.14. The number of nitrogens with one attached hydrogen (secondary N) is 3. The lowest BCUT2D eigenvalue weighted by Crippen LogP contribution is -2.35. The molecule has 0 radical (unpaired) electrons. The summed E-state index contributed by atoms with van der Waals surface area (Å²) in [5.74, 6) is 2.97. The molecule has 4 rings (SSSR count). The second kappa shape index (κ2) is 13.9. The number of hydrogen-bond donors (Lipinski definition) is 3. The van der Waals surface area contributed by atoms with Crippen LogP contribution in [0.3, 0.4) is 0 Å². The Morgan fingerprint density at radius 3 is 2.66 bits per heavy atom. The molecule has 0 amide bonds. The van der Waals surface area contributed by atoms with E-state index in [2.05, 4.69) is 57.2 Å². The van der Waals surface area contributed by atoms with Crippen molar-refractivity contribution in [3.63, 3.8) is 0 Å². The summed E-state index contributed by atoms with van der Waals surface area (Å²) in [6.07, 6.45) is 3.84. The Labute approximate surface area is 235 Å². The zero-order valence-electron chi connectivity index (χ0n) is 22.5. The lowest BCUT2D eigenvalue weighted by atomic mass is 10.1. The van der Waals surface area contributed by atoms with Crippen LogP contribution in [0.15, 0.2) is 53.6 Å². The van der Waals surface area contributed by atoms with Crippen molar-refractivity contribution in [2.24, 2.45) is 5.92 Å². The lowest BCUT2D eigenvalue weighted by molar-refractivity contribution is 0.114. The molecule has 1 aromatic heterocycles. The molecule has 2 heterocycles. The van der Waals surface area contributed by atoms with E-state index in [1.54, 1.807) is 18.1 Å². The van der Waals surface area contributed by atoms with Crippen LogP contribution in [0.1, 0.15) is 33.6 Å². The molecular formula is C28H37ClN6O2S. The quantitative estimate of drug-likeness (QED) is 0.210. The fourth-order valence-corrected chi connectivity index (χ4v) is 5.04. The van der Waals surface area contributed by atoms with E-state index in [4.69, 9.17) is 21.1 Å². The highest BCUT2D eigenvalue weighted by atomic mass is 35.5. The van der Waals surface area contributed by atoms with Gasteiger partial charge in [0.2, 0.25) is 5.95 Å². The number of hydrogen-bond acceptors (Lipinski definition) is 9. The molecule has 1 aliphatic heterocycles. The Morgan fingerprint density at radius 1 is 1.11 bits per heavy atom. The number of benzene rings is 2. The second-order valence-electron chi connectivity index (χ2n) is 9.69. The number of aromatic nitrogens is 2. The molecule has 3 N–H and O–H groups in total. The molecule has 3 aromatic rings. The van der Waals surface area contributed by atoms with Crippen molar-refractivity contribution in [3.8, 4) is 11.5 Å². The zero-order chi connectivity index (χ0) is 26.9. The molecule has 8 nitrogen and oxygen atoms in total. The molecule has 0 bridgehead atoms. The van der Waals surface area contributed by atoms with Gasteiger partial charge in [-0.2, -0.15) is 4.98 Å². The molecule has 204 valence electrons. The summed E-state index contributed by atoms with van der Waals surface area (Å²) in [7, 11) is 2.15. The Balaban J connectivity index is 1.48. The fourth-order valence-electron chi connectivity index (χ4n) is 3.96. The van der Waals surface area contributed by atoms with Crippen LogP contribution >= 0.6 is 23.5 Å². The Bertz CT molecular complexity index is 1190. The van der Waals surface area contributed by atoms with Gasteiger partial charge in [0.05, 0.1) is 24.2 Å². The van der Waals surface area contributed by atoms with Gasteiger partial charge in [-0.15, -0.1) is 0 Å². The summed E-state index contributed by atoms with van der Waals surface area (Å²) in [5, 5.41) is 7.08. The number of anilines is 4. The van der Waals surface area contributed by atoms with Crippen LogP contribution < -0.4 is 24.8 Å². The monoisotopic (exact) mass is 556 g/mol. The number of ether oxygens (including phenoxy) is 2. The van der Waals surface area contributed by atoms with E-state index in [0.717, 1.165) is 54.5 Å². The molecule has 1 fully saturated rings. The minimum Gasteiger partial charge on any atom is -0.492 e. The van der Waals surface area contributed by atoms with E-state index in [1.807, 2.05) is 43.3 Å². The number of nitrogens with zero attached hydrogens (tertiary/aromatic N) is 3. The number of halogens is 1. The van der Waals surface area contributed by atoms with Gasteiger partial charge in [0.1, 0.15) is 22.6 Å². The van der Waals surface area contributed by atoms with Crippen molar-refractivity contribution in [1.82, 2.24) is 19.6 Å².